The van der Waals surface area contributed by atoms with Gasteiger partial charge in [-0.3, -0.25) is 9.56 Å². The van der Waals surface area contributed by atoms with Crippen molar-refractivity contribution in [1.82, 2.24) is 4.57 Å². The standard InChI is InChI=1S/C18H17N3O2/c1-14(16-10-7-13-23-16)19-17-11-5-6-12-21(17)18(22)20-15-8-3-2-4-9-15/h2-14H,1H3,(H,20,22). The Hall–Kier alpha value is -3.08. The first-order valence-corrected chi connectivity index (χ1v) is 7.35. The Kier molecular flexibility index (Phi) is 4.38. The van der Waals surface area contributed by atoms with Gasteiger partial charge in [0, 0.05) is 11.9 Å². The molecule has 0 aliphatic heterocycles. The van der Waals surface area contributed by atoms with Gasteiger partial charge in [-0.2, -0.15) is 0 Å². The van der Waals surface area contributed by atoms with Gasteiger partial charge >= 0.3 is 6.03 Å². The van der Waals surface area contributed by atoms with Crippen LogP contribution in [0, 0.1) is 0 Å². The second-order valence-corrected chi connectivity index (χ2v) is 5.05. The zero-order valence-electron chi connectivity index (χ0n) is 12.7. The second-order valence-electron chi connectivity index (χ2n) is 5.05. The first-order valence-electron chi connectivity index (χ1n) is 7.35. The molecule has 23 heavy (non-hydrogen) atoms. The minimum absolute atomic E-state index is 0.178. The summed E-state index contributed by atoms with van der Waals surface area (Å²) in [6.45, 7) is 1.92. The molecule has 1 unspecified atom stereocenters. The number of aromatic nitrogens is 1. The smallest absolute Gasteiger partial charge is 0.331 e. The third-order valence-electron chi connectivity index (χ3n) is 3.36. The number of nitrogens with zero attached hydrogens (tertiary/aromatic N) is 2. The van der Waals surface area contributed by atoms with E-state index in [1.807, 2.05) is 55.5 Å². The number of benzene rings is 1. The van der Waals surface area contributed by atoms with Crippen LogP contribution in [0.4, 0.5) is 10.5 Å². The number of hydrogen-bond acceptors (Lipinski definition) is 3. The van der Waals surface area contributed by atoms with Gasteiger partial charge in [-0.25, -0.2) is 4.79 Å². The van der Waals surface area contributed by atoms with Crippen LogP contribution < -0.4 is 10.8 Å². The minimum atomic E-state index is -0.262. The first kappa shape index (κ1) is 14.8. The Morgan fingerprint density at radius 3 is 2.61 bits per heavy atom. The third-order valence-corrected chi connectivity index (χ3v) is 3.36. The zero-order valence-corrected chi connectivity index (χ0v) is 12.7. The minimum Gasteiger partial charge on any atom is -0.467 e. The average Bonchev–Trinajstić information content (AvgIpc) is 3.11. The summed E-state index contributed by atoms with van der Waals surface area (Å²) in [5.41, 5.74) is 1.30. The molecule has 1 N–H and O–H groups in total. The van der Waals surface area contributed by atoms with Gasteiger partial charge in [-0.15, -0.1) is 0 Å². The average molecular weight is 307 g/mol. The molecule has 1 aromatic carbocycles. The summed E-state index contributed by atoms with van der Waals surface area (Å²) in [5.74, 6) is 0.754. The van der Waals surface area contributed by atoms with Crippen molar-refractivity contribution in [2.45, 2.75) is 13.0 Å². The van der Waals surface area contributed by atoms with Crippen LogP contribution >= 0.6 is 0 Å². The molecule has 0 aliphatic rings. The molecule has 0 radical (unpaired) electrons. The predicted molar refractivity (Wildman–Crippen MR) is 88.0 cm³/mol. The van der Waals surface area contributed by atoms with Gasteiger partial charge in [-0.05, 0) is 43.3 Å². The number of carbonyl (C=O) groups excluding carboxylic acids is 1. The molecule has 116 valence electrons. The largest absolute Gasteiger partial charge is 0.467 e. The summed E-state index contributed by atoms with van der Waals surface area (Å²) < 4.78 is 6.84. The molecule has 0 saturated heterocycles. The Balaban J connectivity index is 1.90. The Morgan fingerprint density at radius 1 is 1.09 bits per heavy atom. The summed E-state index contributed by atoms with van der Waals surface area (Å²) in [4.78, 5) is 17.0. The number of nitrogens with one attached hydrogen (secondary N) is 1. The fourth-order valence-electron chi connectivity index (χ4n) is 2.21. The van der Waals surface area contributed by atoms with E-state index in [4.69, 9.17) is 4.42 Å². The molecular formula is C18H17N3O2. The van der Waals surface area contributed by atoms with Crippen molar-refractivity contribution in [3.8, 4) is 0 Å². The van der Waals surface area contributed by atoms with Gasteiger partial charge in [0.25, 0.3) is 0 Å². The lowest BCUT2D eigenvalue weighted by Gasteiger charge is -2.09. The van der Waals surface area contributed by atoms with E-state index < -0.39 is 0 Å². The molecular weight excluding hydrogens is 290 g/mol. The fourth-order valence-corrected chi connectivity index (χ4v) is 2.21. The van der Waals surface area contributed by atoms with E-state index in [1.54, 1.807) is 24.6 Å². The van der Waals surface area contributed by atoms with E-state index in [1.165, 1.54) is 4.57 Å². The maximum absolute atomic E-state index is 12.5. The quantitative estimate of drug-likeness (QED) is 0.799. The fraction of sp³-hybridized carbons (Fsp3) is 0.111. The van der Waals surface area contributed by atoms with Crippen LogP contribution in [-0.2, 0) is 0 Å². The van der Waals surface area contributed by atoms with Crippen molar-refractivity contribution in [2.75, 3.05) is 5.32 Å². The number of carbonyl (C=O) groups is 1. The van der Waals surface area contributed by atoms with Crippen LogP contribution in [0.1, 0.15) is 18.7 Å². The van der Waals surface area contributed by atoms with Gasteiger partial charge in [-0.1, -0.05) is 24.3 Å². The number of rotatable bonds is 3. The molecule has 0 saturated carbocycles. The van der Waals surface area contributed by atoms with Crippen LogP contribution in [0.5, 0.6) is 0 Å². The lowest BCUT2D eigenvalue weighted by atomic mass is 10.3. The second kappa shape index (κ2) is 6.79. The van der Waals surface area contributed by atoms with Crippen LogP contribution in [0.2, 0.25) is 0 Å². The van der Waals surface area contributed by atoms with Gasteiger partial charge in [0.05, 0.1) is 6.26 Å². The number of hydrogen-bond donors (Lipinski definition) is 1. The number of para-hydroxylation sites is 1. The molecule has 0 spiro atoms. The highest BCUT2D eigenvalue weighted by atomic mass is 16.3. The molecule has 0 fully saturated rings. The van der Waals surface area contributed by atoms with Crippen molar-refractivity contribution < 1.29 is 9.21 Å². The summed E-state index contributed by atoms with van der Waals surface area (Å²) >= 11 is 0. The van der Waals surface area contributed by atoms with Crippen LogP contribution in [0.3, 0.4) is 0 Å². The molecule has 3 rings (SSSR count). The molecule has 1 atom stereocenters. The molecule has 2 heterocycles. The Labute approximate surface area is 133 Å². The SMILES string of the molecule is CC(N=c1ccccn1C(=O)Nc1ccccc1)c1ccco1. The van der Waals surface area contributed by atoms with Crippen molar-refractivity contribution in [1.29, 1.82) is 0 Å². The lowest BCUT2D eigenvalue weighted by molar-refractivity contribution is 0.252. The van der Waals surface area contributed by atoms with Gasteiger partial charge in [0.2, 0.25) is 0 Å². The predicted octanol–water partition coefficient (Wildman–Crippen LogP) is 3.82. The highest BCUT2D eigenvalue weighted by Gasteiger charge is 2.09. The van der Waals surface area contributed by atoms with E-state index in [-0.39, 0.29) is 12.1 Å². The zero-order chi connectivity index (χ0) is 16.1. The number of anilines is 1. The first-order chi connectivity index (χ1) is 11.2. The van der Waals surface area contributed by atoms with Gasteiger partial charge < -0.3 is 9.73 Å². The molecule has 2 aromatic heterocycles. The van der Waals surface area contributed by atoms with Gasteiger partial charge in [0.15, 0.2) is 0 Å². The van der Waals surface area contributed by atoms with Gasteiger partial charge in [0.1, 0.15) is 17.3 Å². The van der Waals surface area contributed by atoms with E-state index in [9.17, 15) is 4.79 Å². The van der Waals surface area contributed by atoms with E-state index >= 15 is 0 Å². The summed E-state index contributed by atoms with van der Waals surface area (Å²) in [7, 11) is 0. The van der Waals surface area contributed by atoms with Crippen LogP contribution in [0.25, 0.3) is 0 Å². The Morgan fingerprint density at radius 2 is 1.87 bits per heavy atom. The Bertz CT molecular complexity index is 836. The molecule has 1 amide bonds. The van der Waals surface area contributed by atoms with Crippen molar-refractivity contribution in [3.63, 3.8) is 0 Å². The van der Waals surface area contributed by atoms with Crippen molar-refractivity contribution in [2.24, 2.45) is 4.99 Å². The third kappa shape index (κ3) is 3.58. The number of pyridine rings is 1. The topological polar surface area (TPSA) is 59.5 Å². The molecule has 3 aromatic rings. The summed E-state index contributed by atoms with van der Waals surface area (Å²) in [6.07, 6.45) is 3.30. The molecule has 5 heteroatoms. The highest BCUT2D eigenvalue weighted by Crippen LogP contribution is 2.15. The van der Waals surface area contributed by atoms with E-state index in [0.717, 1.165) is 11.4 Å². The lowest BCUT2D eigenvalue weighted by Crippen LogP contribution is -2.31. The maximum Gasteiger partial charge on any atom is 0.331 e. The van der Waals surface area contributed by atoms with E-state index in [2.05, 4.69) is 10.3 Å². The number of furan rings is 1. The van der Waals surface area contributed by atoms with Crippen LogP contribution in [0.15, 0.2) is 82.5 Å². The van der Waals surface area contributed by atoms with E-state index in [0.29, 0.717) is 5.49 Å². The molecule has 0 bridgehead atoms. The summed E-state index contributed by atoms with van der Waals surface area (Å²) in [5, 5.41) is 2.85. The maximum atomic E-state index is 12.5. The normalized spacial score (nSPS) is 12.8. The molecule has 0 aliphatic carbocycles. The number of amides is 1. The highest BCUT2D eigenvalue weighted by molar-refractivity contribution is 5.90. The molecule has 5 nitrogen and oxygen atoms in total. The van der Waals surface area contributed by atoms with Crippen molar-refractivity contribution in [3.05, 3.63) is 84.4 Å². The van der Waals surface area contributed by atoms with Crippen molar-refractivity contribution >= 4 is 11.7 Å². The summed E-state index contributed by atoms with van der Waals surface area (Å²) in [6, 6.07) is 18.0. The van der Waals surface area contributed by atoms with Crippen LogP contribution in [-0.4, -0.2) is 10.6 Å². The monoisotopic (exact) mass is 307 g/mol.